The first kappa shape index (κ1) is 24.7. The van der Waals surface area contributed by atoms with Crippen LogP contribution in [-0.4, -0.2) is 48.4 Å². The van der Waals surface area contributed by atoms with Gasteiger partial charge in [-0.1, -0.05) is 0 Å². The molecule has 0 spiro atoms. The average molecular weight is 508 g/mol. The molecule has 4 N–H and O–H groups in total. The highest BCUT2D eigenvalue weighted by Crippen LogP contribution is 2.50. The van der Waals surface area contributed by atoms with Crippen molar-refractivity contribution in [2.45, 2.75) is 48.7 Å². The van der Waals surface area contributed by atoms with Gasteiger partial charge in [0.1, 0.15) is 40.5 Å². The highest BCUT2D eigenvalue weighted by atomic mass is 32.3. The Bertz CT molecular complexity index is 1320. The largest absolute Gasteiger partial charge is 0.386 e. The van der Waals surface area contributed by atoms with Crippen molar-refractivity contribution in [2.75, 3.05) is 11.9 Å². The van der Waals surface area contributed by atoms with E-state index < -0.39 is 56.3 Å². The van der Waals surface area contributed by atoms with Gasteiger partial charge in [0, 0.05) is 12.6 Å². The fourth-order valence-electron chi connectivity index (χ4n) is 4.45. The van der Waals surface area contributed by atoms with Crippen molar-refractivity contribution in [1.29, 1.82) is 5.26 Å². The maximum Gasteiger partial charge on any atom is 0.275 e. The SMILES string of the molecule is CC1(C)C(N)=N[C@](C)(c2nc(NC(=O)c3ccc(C#N)cn3)ccc2F)[C@H]2CC(F)(F)CN[SH]21=O. The fourth-order valence-corrected chi connectivity index (χ4v) is 8.11. The van der Waals surface area contributed by atoms with Crippen LogP contribution in [0.1, 0.15) is 48.9 Å². The van der Waals surface area contributed by atoms with Crippen molar-refractivity contribution in [3.8, 4) is 6.07 Å². The number of amidine groups is 1. The number of halogens is 3. The van der Waals surface area contributed by atoms with Crippen LogP contribution in [0.2, 0.25) is 0 Å². The van der Waals surface area contributed by atoms with E-state index >= 15 is 4.39 Å². The number of fused-ring (bicyclic) bond motifs is 1. The second kappa shape index (κ2) is 8.10. The summed E-state index contributed by atoms with van der Waals surface area (Å²) < 4.78 is 59.5. The lowest BCUT2D eigenvalue weighted by Gasteiger charge is -2.56. The highest BCUT2D eigenvalue weighted by molar-refractivity contribution is 8.04. The Balaban J connectivity index is 1.77. The molecule has 1 saturated heterocycles. The third-order valence-corrected chi connectivity index (χ3v) is 10.7. The van der Waals surface area contributed by atoms with Crippen molar-refractivity contribution in [1.82, 2.24) is 14.7 Å². The summed E-state index contributed by atoms with van der Waals surface area (Å²) in [5.74, 6) is -4.94. The molecule has 0 unspecified atom stereocenters. The predicted molar refractivity (Wildman–Crippen MR) is 125 cm³/mol. The second-order valence-electron chi connectivity index (χ2n) is 9.30. The monoisotopic (exact) mass is 507 g/mol. The molecule has 9 nitrogen and oxygen atoms in total. The van der Waals surface area contributed by atoms with Gasteiger partial charge >= 0.3 is 0 Å². The molecule has 2 atom stereocenters. The minimum atomic E-state index is -3.68. The lowest BCUT2D eigenvalue weighted by molar-refractivity contribution is -0.0139. The van der Waals surface area contributed by atoms with Gasteiger partial charge in [0.2, 0.25) is 0 Å². The number of anilines is 1. The Morgan fingerprint density at radius 1 is 1.29 bits per heavy atom. The smallest absolute Gasteiger partial charge is 0.275 e. The molecule has 2 aromatic rings. The summed E-state index contributed by atoms with van der Waals surface area (Å²) in [6.45, 7) is 3.69. The molecule has 2 aliphatic heterocycles. The molecule has 0 aliphatic carbocycles. The molecule has 2 aromatic heterocycles. The molecule has 186 valence electrons. The Labute approximate surface area is 200 Å². The van der Waals surface area contributed by atoms with E-state index in [0.717, 1.165) is 6.07 Å². The first-order valence-electron chi connectivity index (χ1n) is 10.7. The molecule has 4 heterocycles. The zero-order valence-electron chi connectivity index (χ0n) is 19.1. The quantitative estimate of drug-likeness (QED) is 0.468. The highest BCUT2D eigenvalue weighted by Gasteiger charge is 2.62. The Kier molecular flexibility index (Phi) is 5.72. The molecule has 1 amide bonds. The van der Waals surface area contributed by atoms with E-state index in [0.29, 0.717) is 0 Å². The summed E-state index contributed by atoms with van der Waals surface area (Å²) in [5, 5.41) is 10.0. The van der Waals surface area contributed by atoms with E-state index in [1.807, 2.05) is 6.07 Å². The topological polar surface area (TPSA) is 146 Å². The third kappa shape index (κ3) is 3.96. The maximum absolute atomic E-state index is 15.1. The number of alkyl halides is 2. The van der Waals surface area contributed by atoms with Crippen molar-refractivity contribution in [3.05, 3.63) is 53.2 Å². The number of pyridine rings is 2. The van der Waals surface area contributed by atoms with Crippen LogP contribution in [0.25, 0.3) is 0 Å². The van der Waals surface area contributed by atoms with Gasteiger partial charge in [-0.05, 0) is 55.2 Å². The Morgan fingerprint density at radius 2 is 2.00 bits per heavy atom. The van der Waals surface area contributed by atoms with Gasteiger partial charge in [-0.15, -0.1) is 0 Å². The summed E-state index contributed by atoms with van der Waals surface area (Å²) in [6.07, 6.45) is 0.412. The molecule has 0 aromatic carbocycles. The fraction of sp³-hybridized carbons (Fsp3) is 0.409. The van der Waals surface area contributed by atoms with Crippen molar-refractivity contribution in [2.24, 2.45) is 10.7 Å². The number of nitrogens with two attached hydrogens (primary N) is 1. The van der Waals surface area contributed by atoms with Gasteiger partial charge in [-0.2, -0.15) is 5.26 Å². The zero-order chi connectivity index (χ0) is 25.8. The maximum atomic E-state index is 15.1. The number of nitrogens with one attached hydrogen (secondary N) is 2. The molecular weight excluding hydrogens is 483 g/mol. The number of rotatable bonds is 3. The van der Waals surface area contributed by atoms with Crippen LogP contribution >= 0.6 is 0 Å². The lowest BCUT2D eigenvalue weighted by atomic mass is 9.88. The number of amides is 1. The van der Waals surface area contributed by atoms with Crippen LogP contribution in [0.4, 0.5) is 19.0 Å². The average Bonchev–Trinajstić information content (AvgIpc) is 2.80. The van der Waals surface area contributed by atoms with Crippen molar-refractivity contribution in [3.63, 3.8) is 0 Å². The number of hydrogen-bond donors (Lipinski definition) is 4. The molecule has 4 rings (SSSR count). The summed E-state index contributed by atoms with van der Waals surface area (Å²) in [6, 6.07) is 6.83. The summed E-state index contributed by atoms with van der Waals surface area (Å²) in [4.78, 5) is 25.0. The van der Waals surface area contributed by atoms with Gasteiger partial charge in [0.05, 0.1) is 22.1 Å². The summed E-state index contributed by atoms with van der Waals surface area (Å²) >= 11 is 0. The Hall–Kier alpha value is -3.37. The van der Waals surface area contributed by atoms with Crippen LogP contribution in [0.5, 0.6) is 0 Å². The Morgan fingerprint density at radius 3 is 2.63 bits per heavy atom. The second-order valence-corrected chi connectivity index (χ2v) is 12.7. The molecule has 0 radical (unpaired) electrons. The molecule has 1 fully saturated rings. The number of aliphatic imine (C=N–C) groups is 1. The molecule has 0 saturated carbocycles. The first-order chi connectivity index (χ1) is 16.2. The summed E-state index contributed by atoms with van der Waals surface area (Å²) in [7, 11) is -3.68. The first-order valence-corrected chi connectivity index (χ1v) is 12.4. The number of carbonyl (C=O) groups is 1. The van der Waals surface area contributed by atoms with Crippen LogP contribution < -0.4 is 15.8 Å². The minimum absolute atomic E-state index is 0.0230. The normalized spacial score (nSPS) is 27.0. The number of thiol groups is 1. The standard InChI is InChI=1S/C22H24F3N7O2S/c1-20(2)19(27)32-21(3,15-8-22(24,25)11-29-35(15,20)34)17-13(23)5-7-16(30-17)31-18(33)14-6-4-12(9-26)10-28-14/h4-7,10,15,35H,8,11H2,1-3H3,(H2,27,32)(H,29,34)(H,30,31,33)/t15-,21+/m1/s1. The van der Waals surface area contributed by atoms with Crippen LogP contribution in [0, 0.1) is 17.1 Å². The van der Waals surface area contributed by atoms with E-state index in [1.165, 1.54) is 31.3 Å². The zero-order valence-corrected chi connectivity index (χ0v) is 20.0. The van der Waals surface area contributed by atoms with E-state index in [-0.39, 0.29) is 28.6 Å². The van der Waals surface area contributed by atoms with Crippen LogP contribution in [0.15, 0.2) is 35.5 Å². The number of nitrogens with zero attached hydrogens (tertiary/aromatic N) is 4. The molecule has 13 heteroatoms. The number of hydrogen-bond acceptors (Lipinski definition) is 7. The molecular formula is C22H24F3N7O2S. The summed E-state index contributed by atoms with van der Waals surface area (Å²) in [5.41, 5.74) is 4.22. The molecule has 35 heavy (non-hydrogen) atoms. The van der Waals surface area contributed by atoms with Crippen molar-refractivity contribution < 1.29 is 22.2 Å². The number of carbonyl (C=O) groups excluding carboxylic acids is 1. The van der Waals surface area contributed by atoms with Gasteiger partial charge in [-0.25, -0.2) is 23.1 Å². The molecule has 0 bridgehead atoms. The lowest BCUT2D eigenvalue weighted by Crippen LogP contribution is -2.72. The van der Waals surface area contributed by atoms with Gasteiger partial charge in [0.25, 0.3) is 11.8 Å². The molecule has 2 aliphatic rings. The van der Waals surface area contributed by atoms with Gasteiger partial charge < -0.3 is 11.1 Å². The van der Waals surface area contributed by atoms with Crippen LogP contribution in [-0.2, 0) is 15.7 Å². The van der Waals surface area contributed by atoms with E-state index in [9.17, 15) is 17.8 Å². The predicted octanol–water partition coefficient (Wildman–Crippen LogP) is 2.03. The van der Waals surface area contributed by atoms with Crippen molar-refractivity contribution >= 4 is 27.7 Å². The number of nitriles is 1. The third-order valence-electron chi connectivity index (χ3n) is 6.65. The van der Waals surface area contributed by atoms with Crippen LogP contribution in [0.3, 0.4) is 0 Å². The minimum Gasteiger partial charge on any atom is -0.386 e. The van der Waals surface area contributed by atoms with Gasteiger partial charge in [0.15, 0.2) is 0 Å². The van der Waals surface area contributed by atoms with Gasteiger partial charge in [-0.3, -0.25) is 18.7 Å². The van der Waals surface area contributed by atoms with E-state index in [4.69, 9.17) is 11.0 Å². The number of aromatic nitrogens is 2. The van der Waals surface area contributed by atoms with E-state index in [1.54, 1.807) is 13.8 Å². The van der Waals surface area contributed by atoms with E-state index in [2.05, 4.69) is 25.0 Å².